The van der Waals surface area contributed by atoms with E-state index in [1.54, 1.807) is 35.2 Å². The van der Waals surface area contributed by atoms with Crippen molar-refractivity contribution in [2.24, 2.45) is 5.10 Å². The van der Waals surface area contributed by atoms with Crippen LogP contribution in [0.2, 0.25) is 0 Å². The second kappa shape index (κ2) is 12.5. The zero-order chi connectivity index (χ0) is 25.2. The predicted molar refractivity (Wildman–Crippen MR) is 131 cm³/mol. The highest BCUT2D eigenvalue weighted by Gasteiger charge is 2.18. The van der Waals surface area contributed by atoms with Gasteiger partial charge in [0.2, 0.25) is 0 Å². The number of nitrogens with zero attached hydrogens (tertiary/aromatic N) is 2. The van der Waals surface area contributed by atoms with E-state index in [4.69, 9.17) is 14.2 Å². The Balaban J connectivity index is 1.56. The van der Waals surface area contributed by atoms with Crippen LogP contribution in [0.25, 0.3) is 0 Å². The first-order valence-electron chi connectivity index (χ1n) is 11.3. The van der Waals surface area contributed by atoms with Crippen LogP contribution in [-0.2, 0) is 19.1 Å². The maximum absolute atomic E-state index is 12.3. The molecule has 0 bridgehead atoms. The van der Waals surface area contributed by atoms with Crippen LogP contribution in [0.5, 0.6) is 11.5 Å². The molecule has 2 N–H and O–H groups in total. The van der Waals surface area contributed by atoms with Gasteiger partial charge in [-0.25, -0.2) is 5.43 Å². The third kappa shape index (κ3) is 7.28. The minimum Gasteiger partial charge on any atom is -0.490 e. The summed E-state index contributed by atoms with van der Waals surface area (Å²) >= 11 is 0. The van der Waals surface area contributed by atoms with E-state index in [1.165, 1.54) is 6.21 Å². The Morgan fingerprint density at radius 3 is 2.57 bits per heavy atom. The zero-order valence-corrected chi connectivity index (χ0v) is 20.1. The summed E-state index contributed by atoms with van der Waals surface area (Å²) in [5, 5.41) is 6.44. The van der Waals surface area contributed by atoms with Crippen LogP contribution in [0.4, 0.5) is 5.69 Å². The third-order valence-corrected chi connectivity index (χ3v) is 5.42. The Kier molecular flexibility index (Phi) is 9.19. The van der Waals surface area contributed by atoms with E-state index in [0.29, 0.717) is 55.7 Å². The lowest BCUT2D eigenvalue weighted by atomic mass is 10.1. The van der Waals surface area contributed by atoms with Crippen molar-refractivity contribution < 1.29 is 28.6 Å². The first kappa shape index (κ1) is 25.7. The lowest BCUT2D eigenvalue weighted by Crippen LogP contribution is -2.43. The predicted octanol–water partition coefficient (Wildman–Crippen LogP) is 2.03. The topological polar surface area (TPSA) is 119 Å². The maximum atomic E-state index is 12.3. The molecule has 0 aliphatic carbocycles. The van der Waals surface area contributed by atoms with E-state index in [0.717, 1.165) is 11.1 Å². The maximum Gasteiger partial charge on any atom is 0.329 e. The minimum atomic E-state index is -0.895. The number of rotatable bonds is 8. The molecule has 1 aliphatic heterocycles. The second-order valence-corrected chi connectivity index (χ2v) is 7.82. The Morgan fingerprint density at radius 1 is 1.06 bits per heavy atom. The van der Waals surface area contributed by atoms with Crippen molar-refractivity contribution in [1.82, 2.24) is 10.3 Å². The molecule has 0 saturated carbocycles. The molecule has 2 aromatic rings. The van der Waals surface area contributed by atoms with Crippen LogP contribution in [0.1, 0.15) is 23.6 Å². The smallest absolute Gasteiger partial charge is 0.329 e. The van der Waals surface area contributed by atoms with Gasteiger partial charge in [0.25, 0.3) is 5.91 Å². The number of ether oxygens (including phenoxy) is 3. The molecule has 1 saturated heterocycles. The summed E-state index contributed by atoms with van der Waals surface area (Å²) in [7, 11) is 0. The van der Waals surface area contributed by atoms with Crippen LogP contribution in [0.15, 0.2) is 41.5 Å². The number of hydrazone groups is 1. The fraction of sp³-hybridized carbons (Fsp3) is 0.360. The number of aryl methyl sites for hydroxylation is 1. The number of hydrogen-bond acceptors (Lipinski definition) is 7. The Labute approximate surface area is 204 Å². The van der Waals surface area contributed by atoms with E-state index in [1.807, 2.05) is 26.8 Å². The van der Waals surface area contributed by atoms with Gasteiger partial charge < -0.3 is 24.4 Å². The standard InChI is InChI=1S/C25H30N4O6/c1-4-34-22-14-19(8-9-21(22)35-16-23(30)29-10-12-33-13-11-29)15-26-28-25(32)24(31)27-20-7-5-6-17(2)18(20)3/h5-9,14-15H,4,10-13,16H2,1-3H3,(H,27,31)(H,28,32)/b26-15-. The number of carbonyl (C=O) groups is 3. The summed E-state index contributed by atoms with van der Waals surface area (Å²) in [6.45, 7) is 8.03. The van der Waals surface area contributed by atoms with Gasteiger partial charge in [-0.15, -0.1) is 0 Å². The van der Waals surface area contributed by atoms with Crippen molar-refractivity contribution in [3.8, 4) is 11.5 Å². The summed E-state index contributed by atoms with van der Waals surface area (Å²) in [5.74, 6) is -0.982. The fourth-order valence-corrected chi connectivity index (χ4v) is 3.32. The monoisotopic (exact) mass is 482 g/mol. The van der Waals surface area contributed by atoms with Gasteiger partial charge in [0.1, 0.15) is 0 Å². The van der Waals surface area contributed by atoms with Gasteiger partial charge in [-0.05, 0) is 61.7 Å². The van der Waals surface area contributed by atoms with Gasteiger partial charge in [-0.1, -0.05) is 12.1 Å². The van der Waals surface area contributed by atoms with Crippen LogP contribution in [0, 0.1) is 13.8 Å². The average molecular weight is 483 g/mol. The number of hydrogen-bond donors (Lipinski definition) is 2. The molecule has 0 atom stereocenters. The molecule has 10 nitrogen and oxygen atoms in total. The minimum absolute atomic E-state index is 0.112. The van der Waals surface area contributed by atoms with Crippen LogP contribution >= 0.6 is 0 Å². The van der Waals surface area contributed by atoms with Gasteiger partial charge in [-0.3, -0.25) is 14.4 Å². The quantitative estimate of drug-likeness (QED) is 0.338. The highest BCUT2D eigenvalue weighted by molar-refractivity contribution is 6.39. The molecule has 35 heavy (non-hydrogen) atoms. The summed E-state index contributed by atoms with van der Waals surface area (Å²) in [6, 6.07) is 10.5. The number of benzene rings is 2. The summed E-state index contributed by atoms with van der Waals surface area (Å²) in [6.07, 6.45) is 1.38. The van der Waals surface area contributed by atoms with Crippen molar-refractivity contribution in [3.05, 3.63) is 53.1 Å². The van der Waals surface area contributed by atoms with E-state index in [9.17, 15) is 14.4 Å². The van der Waals surface area contributed by atoms with Crippen molar-refractivity contribution in [3.63, 3.8) is 0 Å². The number of nitrogens with one attached hydrogen (secondary N) is 2. The molecule has 0 unspecified atom stereocenters. The molecule has 186 valence electrons. The van der Waals surface area contributed by atoms with Crippen molar-refractivity contribution >= 4 is 29.6 Å². The van der Waals surface area contributed by atoms with E-state index in [2.05, 4.69) is 15.8 Å². The summed E-state index contributed by atoms with van der Waals surface area (Å²) in [4.78, 5) is 38.3. The normalized spacial score (nSPS) is 13.4. The largest absolute Gasteiger partial charge is 0.490 e. The van der Waals surface area contributed by atoms with E-state index < -0.39 is 11.8 Å². The molecule has 10 heteroatoms. The lowest BCUT2D eigenvalue weighted by Gasteiger charge is -2.26. The fourth-order valence-electron chi connectivity index (χ4n) is 3.32. The van der Waals surface area contributed by atoms with Gasteiger partial charge in [-0.2, -0.15) is 5.10 Å². The SMILES string of the molecule is CCOc1cc(/C=N\NC(=O)C(=O)Nc2cccc(C)c2C)ccc1OCC(=O)N1CCOCC1. The van der Waals surface area contributed by atoms with Crippen LogP contribution in [-0.4, -0.2) is 68.4 Å². The van der Waals surface area contributed by atoms with Gasteiger partial charge in [0.05, 0.1) is 26.0 Å². The van der Waals surface area contributed by atoms with Crippen molar-refractivity contribution in [1.29, 1.82) is 0 Å². The zero-order valence-electron chi connectivity index (χ0n) is 20.1. The number of amides is 3. The number of morpholine rings is 1. The molecule has 1 aliphatic rings. The Morgan fingerprint density at radius 2 is 1.83 bits per heavy atom. The molecular weight excluding hydrogens is 452 g/mol. The first-order valence-corrected chi connectivity index (χ1v) is 11.3. The van der Waals surface area contributed by atoms with Gasteiger partial charge >= 0.3 is 11.8 Å². The molecule has 3 amide bonds. The number of carbonyl (C=O) groups excluding carboxylic acids is 3. The Hall–Kier alpha value is -3.92. The van der Waals surface area contributed by atoms with Gasteiger partial charge in [0.15, 0.2) is 18.1 Å². The molecular formula is C25H30N4O6. The highest BCUT2D eigenvalue weighted by atomic mass is 16.5. The highest BCUT2D eigenvalue weighted by Crippen LogP contribution is 2.28. The number of anilines is 1. The molecule has 0 radical (unpaired) electrons. The van der Waals surface area contributed by atoms with Crippen LogP contribution in [0.3, 0.4) is 0 Å². The third-order valence-electron chi connectivity index (χ3n) is 5.42. The van der Waals surface area contributed by atoms with Crippen LogP contribution < -0.4 is 20.2 Å². The molecule has 0 spiro atoms. The molecule has 3 rings (SSSR count). The molecule has 2 aromatic carbocycles. The van der Waals surface area contributed by atoms with Crippen molar-refractivity contribution in [2.75, 3.05) is 44.8 Å². The summed E-state index contributed by atoms with van der Waals surface area (Å²) < 4.78 is 16.6. The van der Waals surface area contributed by atoms with E-state index >= 15 is 0 Å². The lowest BCUT2D eigenvalue weighted by molar-refractivity contribution is -0.137. The first-order chi connectivity index (χ1) is 16.9. The van der Waals surface area contributed by atoms with E-state index in [-0.39, 0.29) is 12.5 Å². The molecule has 1 fully saturated rings. The van der Waals surface area contributed by atoms with Gasteiger partial charge in [0, 0.05) is 18.8 Å². The molecule has 0 aromatic heterocycles. The molecule has 1 heterocycles. The Bertz CT molecular complexity index is 1100. The average Bonchev–Trinajstić information content (AvgIpc) is 2.86. The van der Waals surface area contributed by atoms with Crippen molar-refractivity contribution in [2.45, 2.75) is 20.8 Å². The second-order valence-electron chi connectivity index (χ2n) is 7.82. The summed E-state index contributed by atoms with van der Waals surface area (Å²) in [5.41, 5.74) is 5.28.